The van der Waals surface area contributed by atoms with Crippen molar-refractivity contribution in [3.63, 3.8) is 0 Å². The van der Waals surface area contributed by atoms with E-state index in [4.69, 9.17) is 5.73 Å². The number of halogens is 1. The van der Waals surface area contributed by atoms with Gasteiger partial charge in [-0.2, -0.15) is 0 Å². The Morgan fingerprint density at radius 1 is 1.50 bits per heavy atom. The molecular weight excluding hydrogens is 232 g/mol. The van der Waals surface area contributed by atoms with Crippen molar-refractivity contribution in [2.24, 2.45) is 5.73 Å². The molecule has 0 saturated heterocycles. The maximum atomic E-state index is 11.4. The highest BCUT2D eigenvalue weighted by molar-refractivity contribution is 5.85. The number of nitrogens with one attached hydrogen (secondary N) is 1. The highest BCUT2D eigenvalue weighted by Crippen LogP contribution is 2.35. The minimum atomic E-state index is -0.542. The predicted octanol–water partition coefficient (Wildman–Crippen LogP) is 0.357. The Morgan fingerprint density at radius 3 is 2.38 bits per heavy atom. The van der Waals surface area contributed by atoms with Crippen LogP contribution >= 0.6 is 12.4 Å². The highest BCUT2D eigenvalue weighted by Gasteiger charge is 2.40. The molecule has 0 heterocycles. The summed E-state index contributed by atoms with van der Waals surface area (Å²) >= 11 is 0. The second-order valence-electron chi connectivity index (χ2n) is 4.16. The SMILES string of the molecule is COC(=O)CC1(NC(=O)[C@H](C)N)CCC1.Cl. The van der Waals surface area contributed by atoms with E-state index in [1.807, 2.05) is 0 Å². The van der Waals surface area contributed by atoms with E-state index < -0.39 is 11.6 Å². The number of carbonyl (C=O) groups excluding carboxylic acids is 2. The van der Waals surface area contributed by atoms with E-state index >= 15 is 0 Å². The van der Waals surface area contributed by atoms with Gasteiger partial charge in [0.15, 0.2) is 0 Å². The molecule has 5 nitrogen and oxygen atoms in total. The minimum Gasteiger partial charge on any atom is -0.469 e. The molecule has 0 aliphatic heterocycles. The molecular formula is C10H19ClN2O3. The Bertz CT molecular complexity index is 265. The van der Waals surface area contributed by atoms with Gasteiger partial charge in [-0.3, -0.25) is 9.59 Å². The first kappa shape index (κ1) is 15.2. The molecule has 1 aliphatic rings. The first-order valence-corrected chi connectivity index (χ1v) is 5.13. The number of ether oxygens (including phenoxy) is 1. The number of nitrogens with two attached hydrogens (primary N) is 1. The van der Waals surface area contributed by atoms with Crippen LogP contribution in [-0.2, 0) is 14.3 Å². The number of rotatable bonds is 4. The molecule has 1 saturated carbocycles. The van der Waals surface area contributed by atoms with E-state index in [0.717, 1.165) is 19.3 Å². The van der Waals surface area contributed by atoms with E-state index in [-0.39, 0.29) is 30.7 Å². The summed E-state index contributed by atoms with van der Waals surface area (Å²) in [4.78, 5) is 22.6. The van der Waals surface area contributed by atoms with Crippen LogP contribution in [0.2, 0.25) is 0 Å². The third kappa shape index (κ3) is 3.64. The Hall–Kier alpha value is -0.810. The van der Waals surface area contributed by atoms with Gasteiger partial charge in [-0.15, -0.1) is 12.4 Å². The quantitative estimate of drug-likeness (QED) is 0.706. The van der Waals surface area contributed by atoms with Crippen LogP contribution in [0.1, 0.15) is 32.6 Å². The lowest BCUT2D eigenvalue weighted by Gasteiger charge is -2.42. The summed E-state index contributed by atoms with van der Waals surface area (Å²) in [5.74, 6) is -0.502. The third-order valence-electron chi connectivity index (χ3n) is 2.82. The molecule has 0 aromatic heterocycles. The molecule has 0 radical (unpaired) electrons. The molecule has 1 atom stereocenters. The average Bonchev–Trinajstić information content (AvgIpc) is 2.13. The molecule has 0 unspecified atom stereocenters. The van der Waals surface area contributed by atoms with Crippen LogP contribution < -0.4 is 11.1 Å². The average molecular weight is 251 g/mol. The topological polar surface area (TPSA) is 81.4 Å². The van der Waals surface area contributed by atoms with Gasteiger partial charge in [-0.25, -0.2) is 0 Å². The van der Waals surface area contributed by atoms with Crippen molar-refractivity contribution in [3.8, 4) is 0 Å². The summed E-state index contributed by atoms with van der Waals surface area (Å²) in [6.07, 6.45) is 2.90. The molecule has 1 fully saturated rings. The molecule has 0 bridgehead atoms. The summed E-state index contributed by atoms with van der Waals surface area (Å²) in [6, 6.07) is -0.542. The van der Waals surface area contributed by atoms with E-state index in [1.165, 1.54) is 7.11 Å². The van der Waals surface area contributed by atoms with Gasteiger partial charge < -0.3 is 15.8 Å². The van der Waals surface area contributed by atoms with E-state index in [0.29, 0.717) is 0 Å². The van der Waals surface area contributed by atoms with Crippen molar-refractivity contribution in [2.45, 2.75) is 44.2 Å². The fraction of sp³-hybridized carbons (Fsp3) is 0.800. The first-order chi connectivity index (χ1) is 6.99. The van der Waals surface area contributed by atoms with E-state index in [2.05, 4.69) is 10.1 Å². The largest absolute Gasteiger partial charge is 0.469 e. The lowest BCUT2D eigenvalue weighted by molar-refractivity contribution is -0.144. The predicted molar refractivity (Wildman–Crippen MR) is 62.3 cm³/mol. The maximum absolute atomic E-state index is 11.4. The molecule has 0 spiro atoms. The van der Waals surface area contributed by atoms with Gasteiger partial charge in [0.25, 0.3) is 0 Å². The molecule has 16 heavy (non-hydrogen) atoms. The molecule has 94 valence electrons. The molecule has 1 aliphatic carbocycles. The number of methoxy groups -OCH3 is 1. The number of amides is 1. The van der Waals surface area contributed by atoms with Crippen LogP contribution in [0.25, 0.3) is 0 Å². The van der Waals surface area contributed by atoms with Gasteiger partial charge in [0.1, 0.15) is 0 Å². The Morgan fingerprint density at radius 2 is 2.06 bits per heavy atom. The zero-order valence-corrected chi connectivity index (χ0v) is 10.4. The third-order valence-corrected chi connectivity index (χ3v) is 2.82. The van der Waals surface area contributed by atoms with Gasteiger partial charge in [0, 0.05) is 0 Å². The van der Waals surface area contributed by atoms with Crippen LogP contribution in [0.4, 0.5) is 0 Å². The number of hydrogen-bond donors (Lipinski definition) is 2. The van der Waals surface area contributed by atoms with Crippen molar-refractivity contribution >= 4 is 24.3 Å². The van der Waals surface area contributed by atoms with Crippen LogP contribution in [0.5, 0.6) is 0 Å². The van der Waals surface area contributed by atoms with Crippen molar-refractivity contribution in [3.05, 3.63) is 0 Å². The molecule has 0 aromatic rings. The molecule has 0 aromatic carbocycles. The summed E-state index contributed by atoms with van der Waals surface area (Å²) in [5, 5.41) is 2.83. The monoisotopic (exact) mass is 250 g/mol. The fourth-order valence-corrected chi connectivity index (χ4v) is 1.67. The number of carbonyl (C=O) groups is 2. The van der Waals surface area contributed by atoms with E-state index in [9.17, 15) is 9.59 Å². The van der Waals surface area contributed by atoms with Gasteiger partial charge >= 0.3 is 5.97 Å². The first-order valence-electron chi connectivity index (χ1n) is 5.13. The molecule has 1 rings (SSSR count). The fourth-order valence-electron chi connectivity index (χ4n) is 1.67. The molecule has 6 heteroatoms. The zero-order valence-electron chi connectivity index (χ0n) is 9.62. The van der Waals surface area contributed by atoms with Crippen LogP contribution in [0.15, 0.2) is 0 Å². The van der Waals surface area contributed by atoms with Gasteiger partial charge in [0.2, 0.25) is 5.91 Å². The smallest absolute Gasteiger partial charge is 0.307 e. The van der Waals surface area contributed by atoms with Gasteiger partial charge in [-0.05, 0) is 26.2 Å². The van der Waals surface area contributed by atoms with Gasteiger partial charge in [-0.1, -0.05) is 0 Å². The van der Waals surface area contributed by atoms with Crippen LogP contribution in [0.3, 0.4) is 0 Å². The minimum absolute atomic E-state index is 0. The summed E-state index contributed by atoms with van der Waals surface area (Å²) in [7, 11) is 1.35. The Balaban J connectivity index is 0.00000225. The lowest BCUT2D eigenvalue weighted by atomic mass is 9.74. The van der Waals surface area contributed by atoms with Crippen molar-refractivity contribution in [2.75, 3.05) is 7.11 Å². The Kier molecular flexibility index (Phi) is 5.75. The zero-order chi connectivity index (χ0) is 11.5. The van der Waals surface area contributed by atoms with Crippen molar-refractivity contribution < 1.29 is 14.3 Å². The van der Waals surface area contributed by atoms with Gasteiger partial charge in [0.05, 0.1) is 25.1 Å². The van der Waals surface area contributed by atoms with Crippen molar-refractivity contribution in [1.82, 2.24) is 5.32 Å². The van der Waals surface area contributed by atoms with Crippen LogP contribution in [-0.4, -0.2) is 30.6 Å². The Labute approximate surface area is 101 Å². The highest BCUT2D eigenvalue weighted by atomic mass is 35.5. The second-order valence-corrected chi connectivity index (χ2v) is 4.16. The summed E-state index contributed by atoms with van der Waals surface area (Å²) < 4.78 is 4.60. The van der Waals surface area contributed by atoms with Crippen LogP contribution in [0, 0.1) is 0 Å². The normalized spacial score (nSPS) is 18.7. The van der Waals surface area contributed by atoms with E-state index in [1.54, 1.807) is 6.92 Å². The van der Waals surface area contributed by atoms with Crippen molar-refractivity contribution in [1.29, 1.82) is 0 Å². The maximum Gasteiger partial charge on any atom is 0.307 e. The molecule has 3 N–H and O–H groups in total. The standard InChI is InChI=1S/C10H18N2O3.ClH/c1-7(11)9(14)12-10(4-3-5-10)6-8(13)15-2;/h7H,3-6,11H2,1-2H3,(H,12,14);1H/t7-;/m0./s1. The number of esters is 1. The number of hydrogen-bond acceptors (Lipinski definition) is 4. The summed E-state index contributed by atoms with van der Waals surface area (Å²) in [5.41, 5.74) is 5.05. The molecule has 1 amide bonds. The second kappa shape index (κ2) is 6.06. The summed E-state index contributed by atoms with van der Waals surface area (Å²) in [6.45, 7) is 1.62. The lowest BCUT2D eigenvalue weighted by Crippen LogP contribution is -2.57.